The van der Waals surface area contributed by atoms with Crippen molar-refractivity contribution in [2.45, 2.75) is 12.3 Å². The minimum absolute atomic E-state index is 0.222. The molecule has 0 bridgehead atoms. The Bertz CT molecular complexity index is 611. The molecule has 3 rings (SSSR count). The molecule has 0 radical (unpaired) electrons. The van der Waals surface area contributed by atoms with Gasteiger partial charge in [0.25, 0.3) is 0 Å². The molecule has 4 nitrogen and oxygen atoms in total. The van der Waals surface area contributed by atoms with E-state index in [1.807, 2.05) is 31.3 Å². The number of esters is 1. The molecule has 2 aromatic rings. The van der Waals surface area contributed by atoms with Gasteiger partial charge in [0.2, 0.25) is 0 Å². The monoisotopic (exact) mass is 245 g/mol. The fourth-order valence-corrected chi connectivity index (χ4v) is 2.72. The lowest BCUT2D eigenvalue weighted by molar-refractivity contribution is -0.167. The first-order chi connectivity index (χ1) is 8.69. The van der Waals surface area contributed by atoms with E-state index in [0.717, 1.165) is 16.8 Å². The van der Waals surface area contributed by atoms with Crippen LogP contribution in [0.2, 0.25) is 0 Å². The fraction of sp³-hybridized carbons (Fsp3) is 0.357. The van der Waals surface area contributed by atoms with Crippen molar-refractivity contribution in [3.05, 3.63) is 41.7 Å². The van der Waals surface area contributed by atoms with Crippen molar-refractivity contribution in [3.63, 3.8) is 0 Å². The molecule has 94 valence electrons. The Kier molecular flexibility index (Phi) is 2.41. The summed E-state index contributed by atoms with van der Waals surface area (Å²) in [7, 11) is 1.42. The van der Waals surface area contributed by atoms with Crippen LogP contribution in [0.1, 0.15) is 11.3 Å². The molecule has 3 heterocycles. The Morgan fingerprint density at radius 1 is 1.44 bits per heavy atom. The van der Waals surface area contributed by atoms with Gasteiger partial charge in [-0.25, -0.2) is 0 Å². The van der Waals surface area contributed by atoms with Gasteiger partial charge in [-0.15, -0.1) is 0 Å². The van der Waals surface area contributed by atoms with E-state index >= 15 is 0 Å². The molecule has 0 saturated carbocycles. The third kappa shape index (κ3) is 1.32. The van der Waals surface area contributed by atoms with E-state index < -0.39 is 5.41 Å². The average molecular weight is 245 g/mol. The first-order valence-corrected chi connectivity index (χ1v) is 5.92. The summed E-state index contributed by atoms with van der Waals surface area (Å²) in [5, 5.41) is 0. The van der Waals surface area contributed by atoms with E-state index in [-0.39, 0.29) is 5.97 Å². The highest BCUT2D eigenvalue weighted by atomic mass is 16.5. The van der Waals surface area contributed by atoms with Gasteiger partial charge in [0.15, 0.2) is 5.41 Å². The molecule has 1 aliphatic heterocycles. The second kappa shape index (κ2) is 3.85. The van der Waals surface area contributed by atoms with E-state index in [1.165, 1.54) is 7.11 Å². The van der Waals surface area contributed by atoms with E-state index in [2.05, 4.69) is 10.5 Å². The molecule has 1 fully saturated rings. The van der Waals surface area contributed by atoms with Crippen molar-refractivity contribution in [2.24, 2.45) is 0 Å². The van der Waals surface area contributed by atoms with Crippen molar-refractivity contribution in [1.82, 2.24) is 4.40 Å². The summed E-state index contributed by atoms with van der Waals surface area (Å²) in [6, 6.07) is 8.06. The zero-order chi connectivity index (χ0) is 12.8. The molecule has 1 saturated heterocycles. The van der Waals surface area contributed by atoms with Crippen LogP contribution in [0.3, 0.4) is 0 Å². The Hall–Kier alpha value is -1.81. The summed E-state index contributed by atoms with van der Waals surface area (Å²) in [5.41, 5.74) is 2.51. The minimum atomic E-state index is -0.646. The molecule has 0 atom stereocenters. The summed E-state index contributed by atoms with van der Waals surface area (Å²) >= 11 is 0. The van der Waals surface area contributed by atoms with Crippen molar-refractivity contribution >= 4 is 11.5 Å². The van der Waals surface area contributed by atoms with Gasteiger partial charge >= 0.3 is 5.97 Å². The number of fused-ring (bicyclic) bond motifs is 1. The van der Waals surface area contributed by atoms with Crippen LogP contribution in [0, 0.1) is 6.92 Å². The number of carbonyl (C=O) groups excluding carboxylic acids is 1. The molecule has 2 aromatic heterocycles. The SMILES string of the molecule is COC(=O)C1(c2c(C)cc3ccccn23)COC1. The van der Waals surface area contributed by atoms with Crippen LogP contribution >= 0.6 is 0 Å². The number of ether oxygens (including phenoxy) is 2. The maximum Gasteiger partial charge on any atom is 0.322 e. The second-order valence-corrected chi connectivity index (χ2v) is 4.74. The lowest BCUT2D eigenvalue weighted by Crippen LogP contribution is -2.54. The molecule has 18 heavy (non-hydrogen) atoms. The van der Waals surface area contributed by atoms with E-state index in [4.69, 9.17) is 9.47 Å². The molecule has 4 heteroatoms. The molecular formula is C14H15NO3. The topological polar surface area (TPSA) is 39.9 Å². The fourth-order valence-electron chi connectivity index (χ4n) is 2.72. The number of rotatable bonds is 2. The van der Waals surface area contributed by atoms with Crippen LogP contribution in [0.5, 0.6) is 0 Å². The molecule has 0 aromatic carbocycles. The Morgan fingerprint density at radius 3 is 2.83 bits per heavy atom. The third-order valence-corrected chi connectivity index (χ3v) is 3.60. The van der Waals surface area contributed by atoms with Gasteiger partial charge in [-0.1, -0.05) is 6.07 Å². The average Bonchev–Trinajstić information content (AvgIpc) is 2.65. The van der Waals surface area contributed by atoms with Crippen LogP contribution in [-0.2, 0) is 19.7 Å². The highest BCUT2D eigenvalue weighted by Crippen LogP contribution is 2.37. The summed E-state index contributed by atoms with van der Waals surface area (Å²) in [6.07, 6.45) is 1.97. The zero-order valence-corrected chi connectivity index (χ0v) is 10.5. The van der Waals surface area contributed by atoms with Crippen molar-refractivity contribution in [2.75, 3.05) is 20.3 Å². The number of hydrogen-bond acceptors (Lipinski definition) is 3. The van der Waals surface area contributed by atoms with Crippen LogP contribution in [-0.4, -0.2) is 30.7 Å². The Labute approximate surface area is 105 Å². The maximum atomic E-state index is 12.1. The van der Waals surface area contributed by atoms with Crippen LogP contribution < -0.4 is 0 Å². The lowest BCUT2D eigenvalue weighted by Gasteiger charge is -2.39. The lowest BCUT2D eigenvalue weighted by atomic mass is 9.80. The molecule has 0 N–H and O–H groups in total. The molecule has 1 aliphatic rings. The first-order valence-electron chi connectivity index (χ1n) is 5.92. The van der Waals surface area contributed by atoms with Crippen molar-refractivity contribution in [3.8, 4) is 0 Å². The van der Waals surface area contributed by atoms with Gasteiger partial charge in [0.05, 0.1) is 20.3 Å². The van der Waals surface area contributed by atoms with Crippen molar-refractivity contribution < 1.29 is 14.3 Å². The van der Waals surface area contributed by atoms with Gasteiger partial charge in [-0.3, -0.25) is 4.79 Å². The normalized spacial score (nSPS) is 17.4. The van der Waals surface area contributed by atoms with E-state index in [0.29, 0.717) is 13.2 Å². The molecule has 0 spiro atoms. The largest absolute Gasteiger partial charge is 0.468 e. The smallest absolute Gasteiger partial charge is 0.322 e. The number of aryl methyl sites for hydroxylation is 1. The highest BCUT2D eigenvalue weighted by Gasteiger charge is 2.51. The van der Waals surface area contributed by atoms with E-state index in [1.54, 1.807) is 0 Å². The Morgan fingerprint density at radius 2 is 2.22 bits per heavy atom. The highest BCUT2D eigenvalue weighted by molar-refractivity contribution is 5.85. The number of nitrogens with zero attached hydrogens (tertiary/aromatic N) is 1. The van der Waals surface area contributed by atoms with Crippen LogP contribution in [0.15, 0.2) is 30.5 Å². The van der Waals surface area contributed by atoms with Gasteiger partial charge in [-0.2, -0.15) is 0 Å². The second-order valence-electron chi connectivity index (χ2n) is 4.74. The van der Waals surface area contributed by atoms with Crippen LogP contribution in [0.25, 0.3) is 5.52 Å². The van der Waals surface area contributed by atoms with Crippen LogP contribution in [0.4, 0.5) is 0 Å². The van der Waals surface area contributed by atoms with Gasteiger partial charge in [-0.05, 0) is 30.7 Å². The first kappa shape index (κ1) is 11.3. The predicted octanol–water partition coefficient (Wildman–Crippen LogP) is 1.69. The summed E-state index contributed by atoms with van der Waals surface area (Å²) < 4.78 is 12.3. The number of pyridine rings is 1. The Balaban J connectivity index is 2.24. The quantitative estimate of drug-likeness (QED) is 0.756. The molecule has 0 unspecified atom stereocenters. The molecule has 0 amide bonds. The minimum Gasteiger partial charge on any atom is -0.468 e. The van der Waals surface area contributed by atoms with Gasteiger partial charge in [0.1, 0.15) is 0 Å². The number of methoxy groups -OCH3 is 1. The number of carbonyl (C=O) groups is 1. The van der Waals surface area contributed by atoms with E-state index in [9.17, 15) is 4.79 Å². The summed E-state index contributed by atoms with van der Waals surface area (Å²) in [5.74, 6) is -0.222. The van der Waals surface area contributed by atoms with Gasteiger partial charge < -0.3 is 13.9 Å². The number of hydrogen-bond donors (Lipinski definition) is 0. The molecule has 0 aliphatic carbocycles. The molecular weight excluding hydrogens is 230 g/mol. The zero-order valence-electron chi connectivity index (χ0n) is 10.5. The third-order valence-electron chi connectivity index (χ3n) is 3.60. The summed E-state index contributed by atoms with van der Waals surface area (Å²) in [4.78, 5) is 12.1. The van der Waals surface area contributed by atoms with Gasteiger partial charge in [0, 0.05) is 17.4 Å². The standard InChI is InChI=1S/C14H15NO3/c1-10-7-11-5-3-4-6-15(11)12(10)14(8-18-9-14)13(16)17-2/h3-7H,8-9H2,1-2H3. The predicted molar refractivity (Wildman–Crippen MR) is 66.6 cm³/mol. The summed E-state index contributed by atoms with van der Waals surface area (Å²) in [6.45, 7) is 2.80. The van der Waals surface area contributed by atoms with Crippen molar-refractivity contribution in [1.29, 1.82) is 0 Å². The maximum absolute atomic E-state index is 12.1. The number of aromatic nitrogens is 1.